The summed E-state index contributed by atoms with van der Waals surface area (Å²) in [5.74, 6) is 0.330. The molecule has 0 spiro atoms. The molecular weight excluding hydrogens is 380 g/mol. The summed E-state index contributed by atoms with van der Waals surface area (Å²) < 4.78 is 25.3. The Labute approximate surface area is 165 Å². The van der Waals surface area contributed by atoms with E-state index in [1.54, 1.807) is 36.0 Å². The van der Waals surface area contributed by atoms with E-state index in [-0.39, 0.29) is 10.8 Å². The predicted molar refractivity (Wildman–Crippen MR) is 108 cm³/mol. The van der Waals surface area contributed by atoms with E-state index in [2.05, 4.69) is 23.5 Å². The van der Waals surface area contributed by atoms with Crippen LogP contribution in [0.15, 0.2) is 52.3 Å². The van der Waals surface area contributed by atoms with Crippen molar-refractivity contribution in [2.24, 2.45) is 0 Å². The number of amides is 1. The number of benzene rings is 2. The summed E-state index contributed by atoms with van der Waals surface area (Å²) in [5, 5.41) is 2.88. The van der Waals surface area contributed by atoms with Gasteiger partial charge in [0.05, 0.1) is 10.6 Å². The standard InChI is InChI=1S/C20H24N2O3S2/c1-22(2)27(24,25)19-10-6-15(7-11-19)13-21-20(23)14-26-18-9-8-16-4-3-5-17(16)12-18/h6-12H,3-5,13-14H2,1-2H3,(H,21,23). The molecule has 0 unspecified atom stereocenters. The third kappa shape index (κ3) is 4.91. The number of thioether (sulfide) groups is 1. The van der Waals surface area contributed by atoms with Crippen molar-refractivity contribution < 1.29 is 13.2 Å². The summed E-state index contributed by atoms with van der Waals surface area (Å²) in [6, 6.07) is 13.0. The van der Waals surface area contributed by atoms with Crippen molar-refractivity contribution >= 4 is 27.7 Å². The number of rotatable bonds is 7. The maximum Gasteiger partial charge on any atom is 0.242 e. The molecule has 0 aliphatic heterocycles. The molecule has 1 aliphatic carbocycles. The lowest BCUT2D eigenvalue weighted by Gasteiger charge is -2.12. The van der Waals surface area contributed by atoms with Crippen molar-refractivity contribution in [1.29, 1.82) is 0 Å². The number of hydrogen-bond acceptors (Lipinski definition) is 4. The van der Waals surface area contributed by atoms with Crippen molar-refractivity contribution in [3.63, 3.8) is 0 Å². The van der Waals surface area contributed by atoms with Crippen LogP contribution < -0.4 is 5.32 Å². The molecule has 144 valence electrons. The Morgan fingerprint density at radius 3 is 2.48 bits per heavy atom. The highest BCUT2D eigenvalue weighted by molar-refractivity contribution is 8.00. The second-order valence-electron chi connectivity index (χ2n) is 6.78. The molecule has 0 saturated carbocycles. The molecule has 0 fully saturated rings. The largest absolute Gasteiger partial charge is 0.351 e. The van der Waals surface area contributed by atoms with E-state index in [0.29, 0.717) is 12.3 Å². The zero-order valence-corrected chi connectivity index (χ0v) is 17.2. The number of carbonyl (C=O) groups is 1. The highest BCUT2D eigenvalue weighted by Gasteiger charge is 2.16. The smallest absolute Gasteiger partial charge is 0.242 e. The number of hydrogen-bond donors (Lipinski definition) is 1. The molecule has 7 heteroatoms. The molecule has 0 aromatic heterocycles. The van der Waals surface area contributed by atoms with Gasteiger partial charge in [0.25, 0.3) is 0 Å². The van der Waals surface area contributed by atoms with E-state index in [1.165, 1.54) is 35.9 Å². The number of carbonyl (C=O) groups excluding carboxylic acids is 1. The molecule has 27 heavy (non-hydrogen) atoms. The molecule has 3 rings (SSSR count). The molecule has 0 radical (unpaired) electrons. The third-order valence-corrected chi connectivity index (χ3v) is 7.45. The summed E-state index contributed by atoms with van der Waals surface area (Å²) >= 11 is 1.54. The average Bonchev–Trinajstić information content (AvgIpc) is 3.12. The number of sulfonamides is 1. The minimum atomic E-state index is -3.43. The molecule has 0 atom stereocenters. The predicted octanol–water partition coefficient (Wildman–Crippen LogP) is 2.83. The third-order valence-electron chi connectivity index (χ3n) is 4.63. The monoisotopic (exact) mass is 404 g/mol. The van der Waals surface area contributed by atoms with Crippen molar-refractivity contribution in [3.05, 3.63) is 59.2 Å². The molecule has 5 nitrogen and oxygen atoms in total. The van der Waals surface area contributed by atoms with E-state index >= 15 is 0 Å². The van der Waals surface area contributed by atoms with Gasteiger partial charge in [-0.3, -0.25) is 4.79 Å². The molecule has 0 saturated heterocycles. The first-order chi connectivity index (χ1) is 12.9. The Morgan fingerprint density at radius 1 is 1.07 bits per heavy atom. The van der Waals surface area contributed by atoms with Gasteiger partial charge >= 0.3 is 0 Å². The molecule has 0 bridgehead atoms. The highest BCUT2D eigenvalue weighted by Crippen LogP contribution is 2.27. The molecule has 1 N–H and O–H groups in total. The van der Waals surface area contributed by atoms with Crippen molar-refractivity contribution in [2.45, 2.75) is 35.6 Å². The van der Waals surface area contributed by atoms with Gasteiger partial charge in [0.2, 0.25) is 15.9 Å². The van der Waals surface area contributed by atoms with E-state index in [1.807, 2.05) is 0 Å². The van der Waals surface area contributed by atoms with Gasteiger partial charge in [-0.2, -0.15) is 0 Å². The molecule has 2 aromatic rings. The second kappa shape index (κ2) is 8.46. The molecular formula is C20H24N2O3S2. The van der Waals surface area contributed by atoms with Gasteiger partial charge in [-0.15, -0.1) is 11.8 Å². The van der Waals surface area contributed by atoms with Gasteiger partial charge in [0, 0.05) is 25.5 Å². The summed E-state index contributed by atoms with van der Waals surface area (Å²) in [6.45, 7) is 0.381. The van der Waals surface area contributed by atoms with Crippen LogP contribution >= 0.6 is 11.8 Å². The fourth-order valence-corrected chi connectivity index (χ4v) is 4.72. The maximum absolute atomic E-state index is 12.1. The number of nitrogens with zero attached hydrogens (tertiary/aromatic N) is 1. The Kier molecular flexibility index (Phi) is 6.24. The van der Waals surface area contributed by atoms with E-state index in [0.717, 1.165) is 23.3 Å². The SMILES string of the molecule is CN(C)S(=O)(=O)c1ccc(CNC(=O)CSc2ccc3c(c2)CCC3)cc1. The van der Waals surface area contributed by atoms with Crippen LogP contribution in [0.4, 0.5) is 0 Å². The van der Waals surface area contributed by atoms with Gasteiger partial charge < -0.3 is 5.32 Å². The summed E-state index contributed by atoms with van der Waals surface area (Å²) in [7, 11) is -0.422. The van der Waals surface area contributed by atoms with Crippen LogP contribution in [0, 0.1) is 0 Å². The van der Waals surface area contributed by atoms with Gasteiger partial charge in [0.1, 0.15) is 0 Å². The topological polar surface area (TPSA) is 66.5 Å². The minimum absolute atomic E-state index is 0.0366. The van der Waals surface area contributed by atoms with Crippen LogP contribution in [0.25, 0.3) is 0 Å². The second-order valence-corrected chi connectivity index (χ2v) is 9.98. The molecule has 1 amide bonds. The Hall–Kier alpha value is -1.83. The lowest BCUT2D eigenvalue weighted by Crippen LogP contribution is -2.25. The Bertz CT molecular complexity index is 923. The fourth-order valence-electron chi connectivity index (χ4n) is 3.03. The van der Waals surface area contributed by atoms with Crippen molar-refractivity contribution in [2.75, 3.05) is 19.8 Å². The quantitative estimate of drug-likeness (QED) is 0.721. The highest BCUT2D eigenvalue weighted by atomic mass is 32.2. The summed E-state index contributed by atoms with van der Waals surface area (Å²) in [4.78, 5) is 13.5. The van der Waals surface area contributed by atoms with Gasteiger partial charge in [-0.25, -0.2) is 12.7 Å². The molecule has 0 heterocycles. The Morgan fingerprint density at radius 2 is 1.78 bits per heavy atom. The van der Waals surface area contributed by atoms with Crippen LogP contribution in [0.5, 0.6) is 0 Å². The van der Waals surface area contributed by atoms with Crippen LogP contribution in [-0.4, -0.2) is 38.5 Å². The van der Waals surface area contributed by atoms with Crippen molar-refractivity contribution in [3.8, 4) is 0 Å². The van der Waals surface area contributed by atoms with Crippen LogP contribution in [0.3, 0.4) is 0 Å². The minimum Gasteiger partial charge on any atom is -0.351 e. The first-order valence-corrected chi connectivity index (χ1v) is 11.3. The first kappa shape index (κ1) is 19.9. The van der Waals surface area contributed by atoms with E-state index in [9.17, 15) is 13.2 Å². The van der Waals surface area contributed by atoms with E-state index in [4.69, 9.17) is 0 Å². The molecule has 2 aromatic carbocycles. The zero-order chi connectivity index (χ0) is 19.4. The van der Waals surface area contributed by atoms with Crippen LogP contribution in [-0.2, 0) is 34.2 Å². The zero-order valence-electron chi connectivity index (χ0n) is 15.6. The van der Waals surface area contributed by atoms with Gasteiger partial charge in [-0.05, 0) is 60.2 Å². The fraction of sp³-hybridized carbons (Fsp3) is 0.350. The maximum atomic E-state index is 12.1. The number of fused-ring (bicyclic) bond motifs is 1. The summed E-state index contributed by atoms with van der Waals surface area (Å²) in [5.41, 5.74) is 3.71. The molecule has 1 aliphatic rings. The lowest BCUT2D eigenvalue weighted by molar-refractivity contribution is -0.118. The van der Waals surface area contributed by atoms with Gasteiger partial charge in [0.15, 0.2) is 0 Å². The summed E-state index contributed by atoms with van der Waals surface area (Å²) in [6.07, 6.45) is 3.52. The first-order valence-electron chi connectivity index (χ1n) is 8.89. The Balaban J connectivity index is 1.49. The number of aryl methyl sites for hydroxylation is 2. The lowest BCUT2D eigenvalue weighted by atomic mass is 10.1. The number of nitrogens with one attached hydrogen (secondary N) is 1. The van der Waals surface area contributed by atoms with Crippen molar-refractivity contribution in [1.82, 2.24) is 9.62 Å². The van der Waals surface area contributed by atoms with Crippen LogP contribution in [0.2, 0.25) is 0 Å². The van der Waals surface area contributed by atoms with Gasteiger partial charge in [-0.1, -0.05) is 18.2 Å². The van der Waals surface area contributed by atoms with E-state index < -0.39 is 10.0 Å². The van der Waals surface area contributed by atoms with Crippen LogP contribution in [0.1, 0.15) is 23.1 Å². The average molecular weight is 405 g/mol. The normalized spacial score (nSPS) is 13.6.